The molecule has 0 spiro atoms. The van der Waals surface area contributed by atoms with E-state index in [2.05, 4.69) is 20.1 Å². The lowest BCUT2D eigenvalue weighted by Gasteiger charge is -2.33. The summed E-state index contributed by atoms with van der Waals surface area (Å²) in [4.78, 5) is 37.5. The number of carbonyl (C=O) groups excluding carboxylic acids is 2. The number of aromatic nitrogens is 1. The van der Waals surface area contributed by atoms with Gasteiger partial charge in [0, 0.05) is 68.5 Å². The molecular weight excluding hydrogens is 514 g/mol. The average Bonchev–Trinajstić information content (AvgIpc) is 3.38. The first kappa shape index (κ1) is 27.3. The second-order valence-corrected chi connectivity index (χ2v) is 10.8. The molecule has 1 N–H and O–H groups in total. The fraction of sp³-hybridized carbons (Fsp3) is 0.414. The van der Waals surface area contributed by atoms with Gasteiger partial charge in [-0.1, -0.05) is 12.1 Å². The monoisotopic (exact) mass is 549 g/mol. The Hall–Kier alpha value is -3.31. The van der Waals surface area contributed by atoms with Crippen molar-refractivity contribution in [3.63, 3.8) is 0 Å². The van der Waals surface area contributed by atoms with Gasteiger partial charge in [-0.25, -0.2) is 9.78 Å². The smallest absolute Gasteiger partial charge is 0.410 e. The summed E-state index contributed by atoms with van der Waals surface area (Å²) in [5.74, 6) is 0.273. The molecule has 1 aromatic heterocycles. The van der Waals surface area contributed by atoms with Gasteiger partial charge in [0.25, 0.3) is 5.91 Å². The number of morpholine rings is 1. The Balaban J connectivity index is 1.04. The maximum atomic E-state index is 12.7. The number of benzene rings is 2. The normalized spacial score (nSPS) is 16.7. The number of hydrogen-bond acceptors (Lipinski definition) is 8. The Morgan fingerprint density at radius 2 is 1.67 bits per heavy atom. The first-order valence-corrected chi connectivity index (χ1v) is 14.3. The average molecular weight is 550 g/mol. The van der Waals surface area contributed by atoms with Gasteiger partial charge in [0.1, 0.15) is 5.75 Å². The van der Waals surface area contributed by atoms with E-state index in [9.17, 15) is 9.59 Å². The number of hydrogen-bond donors (Lipinski definition) is 1. The zero-order chi connectivity index (χ0) is 27.0. The van der Waals surface area contributed by atoms with Crippen LogP contribution < -0.4 is 10.1 Å². The molecule has 2 aromatic carbocycles. The van der Waals surface area contributed by atoms with Crippen LogP contribution in [0.1, 0.15) is 26.5 Å². The first-order chi connectivity index (χ1) is 19.0. The molecule has 2 amide bonds. The Kier molecular flexibility index (Phi) is 9.20. The van der Waals surface area contributed by atoms with Gasteiger partial charge in [-0.15, -0.1) is 11.3 Å². The highest BCUT2D eigenvalue weighted by Crippen LogP contribution is 2.19. The summed E-state index contributed by atoms with van der Waals surface area (Å²) in [5, 5.41) is 2.91. The number of ether oxygens (including phenoxy) is 2. The molecule has 10 heteroatoms. The van der Waals surface area contributed by atoms with Crippen molar-refractivity contribution in [1.29, 1.82) is 0 Å². The minimum atomic E-state index is -0.345. The van der Waals surface area contributed by atoms with Gasteiger partial charge < -0.3 is 19.7 Å². The molecule has 3 heterocycles. The van der Waals surface area contributed by atoms with Crippen LogP contribution in [0.5, 0.6) is 5.75 Å². The molecule has 0 bridgehead atoms. The van der Waals surface area contributed by atoms with Crippen molar-refractivity contribution in [2.24, 2.45) is 0 Å². The number of carbonyl (C=O) groups is 2. The summed E-state index contributed by atoms with van der Waals surface area (Å²) < 4.78 is 11.0. The third-order valence-corrected chi connectivity index (χ3v) is 8.17. The zero-order valence-corrected chi connectivity index (χ0v) is 23.1. The van der Waals surface area contributed by atoms with E-state index in [-0.39, 0.29) is 12.0 Å². The lowest BCUT2D eigenvalue weighted by Crippen LogP contribution is -2.49. The number of amides is 2. The van der Waals surface area contributed by atoms with Crippen LogP contribution in [0.25, 0.3) is 0 Å². The van der Waals surface area contributed by atoms with Crippen molar-refractivity contribution in [1.82, 2.24) is 19.7 Å². The molecule has 2 aliphatic heterocycles. The maximum Gasteiger partial charge on any atom is 0.415 e. The van der Waals surface area contributed by atoms with Crippen molar-refractivity contribution < 1.29 is 19.1 Å². The predicted molar refractivity (Wildman–Crippen MR) is 152 cm³/mol. The molecule has 2 saturated heterocycles. The molecule has 2 fully saturated rings. The number of nitrogens with zero attached hydrogens (tertiary/aromatic N) is 4. The summed E-state index contributed by atoms with van der Waals surface area (Å²) in [6, 6.07) is 14.6. The van der Waals surface area contributed by atoms with Crippen LogP contribution in [0.15, 0.2) is 54.0 Å². The highest BCUT2D eigenvalue weighted by atomic mass is 32.1. The largest absolute Gasteiger partial charge is 0.415 e. The van der Waals surface area contributed by atoms with Gasteiger partial charge >= 0.3 is 6.09 Å². The van der Waals surface area contributed by atoms with Gasteiger partial charge in [0.15, 0.2) is 0 Å². The molecule has 0 saturated carbocycles. The Morgan fingerprint density at radius 1 is 0.949 bits per heavy atom. The third kappa shape index (κ3) is 7.63. The van der Waals surface area contributed by atoms with Gasteiger partial charge in [-0.3, -0.25) is 14.6 Å². The van der Waals surface area contributed by atoms with E-state index >= 15 is 0 Å². The van der Waals surface area contributed by atoms with Crippen LogP contribution >= 0.6 is 11.3 Å². The summed E-state index contributed by atoms with van der Waals surface area (Å²) in [6.07, 6.45) is 0.645. The molecule has 39 heavy (non-hydrogen) atoms. The Labute approximate surface area is 233 Å². The van der Waals surface area contributed by atoms with Crippen LogP contribution in [0.4, 0.5) is 10.5 Å². The summed E-state index contributed by atoms with van der Waals surface area (Å²) in [6.45, 7) is 10.2. The predicted octanol–water partition coefficient (Wildman–Crippen LogP) is 3.90. The van der Waals surface area contributed by atoms with E-state index in [1.54, 1.807) is 40.5 Å². The van der Waals surface area contributed by atoms with E-state index in [0.29, 0.717) is 30.1 Å². The van der Waals surface area contributed by atoms with Crippen molar-refractivity contribution in [3.8, 4) is 5.75 Å². The van der Waals surface area contributed by atoms with E-state index < -0.39 is 0 Å². The molecule has 0 atom stereocenters. The Morgan fingerprint density at radius 3 is 2.33 bits per heavy atom. The van der Waals surface area contributed by atoms with Crippen LogP contribution in [-0.2, 0) is 17.7 Å². The standard InChI is InChI=1S/C29H35N5O4S/c1-22-27(39-21-30-22)10-11-32-12-14-34(15-13-32)29(36)38-26-8-6-25(7-9-26)31-28(35)24-4-2-23(3-5-24)20-33-16-18-37-19-17-33/h2-9,21H,10-20H2,1H3,(H,31,35). The van der Waals surface area contributed by atoms with Gasteiger partial charge in [0.05, 0.1) is 24.4 Å². The summed E-state index contributed by atoms with van der Waals surface area (Å²) >= 11 is 1.70. The molecule has 2 aliphatic rings. The first-order valence-electron chi connectivity index (χ1n) is 13.4. The summed E-state index contributed by atoms with van der Waals surface area (Å²) in [7, 11) is 0. The molecule has 0 unspecified atom stereocenters. The van der Waals surface area contributed by atoms with Crippen molar-refractivity contribution in [2.75, 3.05) is 64.3 Å². The topological polar surface area (TPSA) is 87.2 Å². The lowest BCUT2D eigenvalue weighted by molar-refractivity contribution is 0.0342. The van der Waals surface area contributed by atoms with Gasteiger partial charge in [-0.2, -0.15) is 0 Å². The second kappa shape index (κ2) is 13.2. The molecule has 0 radical (unpaired) electrons. The minimum Gasteiger partial charge on any atom is -0.410 e. The zero-order valence-electron chi connectivity index (χ0n) is 22.3. The van der Waals surface area contributed by atoms with Crippen molar-refractivity contribution >= 4 is 29.0 Å². The Bertz CT molecular complexity index is 1230. The second-order valence-electron chi connectivity index (χ2n) is 9.87. The lowest BCUT2D eigenvalue weighted by atomic mass is 10.1. The van der Waals surface area contributed by atoms with Gasteiger partial charge in [0.2, 0.25) is 0 Å². The molecule has 0 aliphatic carbocycles. The number of nitrogens with one attached hydrogen (secondary N) is 1. The number of rotatable bonds is 8. The fourth-order valence-electron chi connectivity index (χ4n) is 4.73. The quantitative estimate of drug-likeness (QED) is 0.456. The molecule has 3 aromatic rings. The number of anilines is 1. The van der Waals surface area contributed by atoms with E-state index in [1.807, 2.05) is 36.7 Å². The third-order valence-electron chi connectivity index (χ3n) is 7.17. The van der Waals surface area contributed by atoms with Crippen LogP contribution in [0.2, 0.25) is 0 Å². The van der Waals surface area contributed by atoms with Gasteiger partial charge in [-0.05, 0) is 55.3 Å². The van der Waals surface area contributed by atoms with E-state index in [0.717, 1.165) is 64.6 Å². The number of piperazine rings is 1. The van der Waals surface area contributed by atoms with Crippen LogP contribution in [0, 0.1) is 6.92 Å². The van der Waals surface area contributed by atoms with E-state index in [1.165, 1.54) is 10.4 Å². The number of thiazole rings is 1. The van der Waals surface area contributed by atoms with Crippen molar-refractivity contribution in [2.45, 2.75) is 19.9 Å². The highest BCUT2D eigenvalue weighted by Gasteiger charge is 2.23. The van der Waals surface area contributed by atoms with Crippen LogP contribution in [-0.4, -0.2) is 90.7 Å². The minimum absolute atomic E-state index is 0.180. The molecular formula is C29H35N5O4S. The maximum absolute atomic E-state index is 12.7. The molecule has 206 valence electrons. The SMILES string of the molecule is Cc1ncsc1CCN1CCN(C(=O)Oc2ccc(NC(=O)c3ccc(CN4CCOCC4)cc3)cc2)CC1. The van der Waals surface area contributed by atoms with Crippen LogP contribution in [0.3, 0.4) is 0 Å². The summed E-state index contributed by atoms with van der Waals surface area (Å²) in [5.41, 5.74) is 5.42. The van der Waals surface area contributed by atoms with E-state index in [4.69, 9.17) is 9.47 Å². The fourth-order valence-corrected chi connectivity index (χ4v) is 5.50. The molecule has 9 nitrogen and oxygen atoms in total. The van der Waals surface area contributed by atoms with Crippen molar-refractivity contribution in [3.05, 3.63) is 75.7 Å². The number of aryl methyl sites for hydroxylation is 1. The molecule has 5 rings (SSSR count). The highest BCUT2D eigenvalue weighted by molar-refractivity contribution is 7.09.